The molecule has 2 N–H and O–H groups in total. The van der Waals surface area contributed by atoms with Crippen LogP contribution in [0.3, 0.4) is 0 Å². The first-order valence-corrected chi connectivity index (χ1v) is 5.73. The van der Waals surface area contributed by atoms with Crippen LogP contribution in [-0.2, 0) is 14.3 Å². The fraction of sp³-hybridized carbons (Fsp3) is 0.385. The average Bonchev–Trinajstić information content (AvgIpc) is 2.36. The second-order valence-electron chi connectivity index (χ2n) is 3.79. The maximum absolute atomic E-state index is 11.5. The second-order valence-corrected chi connectivity index (χ2v) is 3.79. The van der Waals surface area contributed by atoms with E-state index in [-0.39, 0.29) is 12.5 Å². The number of aliphatic hydroxyl groups excluding tert-OH is 1. The van der Waals surface area contributed by atoms with Gasteiger partial charge in [-0.2, -0.15) is 0 Å². The fourth-order valence-corrected chi connectivity index (χ4v) is 1.59. The van der Waals surface area contributed by atoms with Crippen LogP contribution in [0.4, 0.5) is 0 Å². The normalized spacial score (nSPS) is 13.5. The van der Waals surface area contributed by atoms with E-state index in [1.165, 1.54) is 6.92 Å². The third kappa shape index (κ3) is 3.85. The predicted molar refractivity (Wildman–Crippen MR) is 65.6 cm³/mol. The minimum atomic E-state index is -1.42. The maximum Gasteiger partial charge on any atom is 0.337 e. The van der Waals surface area contributed by atoms with Crippen molar-refractivity contribution in [2.24, 2.45) is 0 Å². The lowest BCUT2D eigenvalue weighted by Gasteiger charge is -2.22. The average molecular weight is 251 g/mol. The van der Waals surface area contributed by atoms with Crippen LogP contribution in [0.15, 0.2) is 30.3 Å². The zero-order chi connectivity index (χ0) is 13.5. The number of rotatable bonds is 5. The SMILES string of the molecule is CCOC(=O)[C@@H](O)[C@@H](NC(C)=O)c1ccccc1. The van der Waals surface area contributed by atoms with Crippen molar-refractivity contribution in [2.45, 2.75) is 26.0 Å². The van der Waals surface area contributed by atoms with Crippen LogP contribution >= 0.6 is 0 Å². The molecule has 0 aliphatic rings. The third-order valence-electron chi connectivity index (χ3n) is 2.36. The van der Waals surface area contributed by atoms with Gasteiger partial charge in [0.1, 0.15) is 0 Å². The molecule has 1 amide bonds. The minimum Gasteiger partial charge on any atom is -0.464 e. The molecule has 98 valence electrons. The van der Waals surface area contributed by atoms with E-state index in [4.69, 9.17) is 4.74 Å². The molecule has 5 heteroatoms. The molecular weight excluding hydrogens is 234 g/mol. The van der Waals surface area contributed by atoms with E-state index in [0.29, 0.717) is 5.56 Å². The van der Waals surface area contributed by atoms with Gasteiger partial charge in [-0.1, -0.05) is 30.3 Å². The first kappa shape index (κ1) is 14.2. The number of aliphatic hydroxyl groups is 1. The molecule has 0 spiro atoms. The van der Waals surface area contributed by atoms with Crippen LogP contribution in [0.25, 0.3) is 0 Å². The highest BCUT2D eigenvalue weighted by atomic mass is 16.5. The summed E-state index contributed by atoms with van der Waals surface area (Å²) in [4.78, 5) is 22.7. The van der Waals surface area contributed by atoms with Crippen molar-refractivity contribution in [1.29, 1.82) is 0 Å². The molecule has 18 heavy (non-hydrogen) atoms. The Kier molecular flexibility index (Phi) is 5.32. The predicted octanol–water partition coefficient (Wildman–Crippen LogP) is 0.788. The van der Waals surface area contributed by atoms with Gasteiger partial charge in [0, 0.05) is 6.92 Å². The highest BCUT2D eigenvalue weighted by molar-refractivity contribution is 5.78. The topological polar surface area (TPSA) is 75.6 Å². The van der Waals surface area contributed by atoms with Crippen molar-refractivity contribution in [2.75, 3.05) is 6.61 Å². The van der Waals surface area contributed by atoms with Crippen LogP contribution in [0.5, 0.6) is 0 Å². The van der Waals surface area contributed by atoms with E-state index in [1.807, 2.05) is 6.07 Å². The van der Waals surface area contributed by atoms with Gasteiger partial charge in [0.25, 0.3) is 0 Å². The number of carbonyl (C=O) groups excluding carboxylic acids is 2. The third-order valence-corrected chi connectivity index (χ3v) is 2.36. The summed E-state index contributed by atoms with van der Waals surface area (Å²) in [7, 11) is 0. The van der Waals surface area contributed by atoms with Crippen LogP contribution < -0.4 is 5.32 Å². The molecular formula is C13H17NO4. The molecule has 0 aromatic heterocycles. The number of benzene rings is 1. The molecule has 0 fully saturated rings. The van der Waals surface area contributed by atoms with Gasteiger partial charge in [0.15, 0.2) is 6.10 Å². The van der Waals surface area contributed by atoms with Crippen molar-refractivity contribution in [3.63, 3.8) is 0 Å². The highest BCUT2D eigenvalue weighted by Crippen LogP contribution is 2.17. The van der Waals surface area contributed by atoms with Gasteiger partial charge in [-0.3, -0.25) is 4.79 Å². The Morgan fingerprint density at radius 1 is 1.33 bits per heavy atom. The van der Waals surface area contributed by atoms with E-state index < -0.39 is 18.1 Å². The number of amides is 1. The number of ether oxygens (including phenoxy) is 1. The summed E-state index contributed by atoms with van der Waals surface area (Å²) in [6.07, 6.45) is -1.42. The molecule has 5 nitrogen and oxygen atoms in total. The molecule has 0 saturated carbocycles. The second kappa shape index (κ2) is 6.76. The van der Waals surface area contributed by atoms with E-state index >= 15 is 0 Å². The number of nitrogens with one attached hydrogen (secondary N) is 1. The molecule has 0 heterocycles. The summed E-state index contributed by atoms with van der Waals surface area (Å²) in [5, 5.41) is 12.5. The Morgan fingerprint density at radius 2 is 1.94 bits per heavy atom. The van der Waals surface area contributed by atoms with Crippen LogP contribution in [-0.4, -0.2) is 29.7 Å². The van der Waals surface area contributed by atoms with Gasteiger partial charge >= 0.3 is 5.97 Å². The molecule has 0 radical (unpaired) electrons. The van der Waals surface area contributed by atoms with E-state index in [2.05, 4.69) is 5.32 Å². The van der Waals surface area contributed by atoms with Crippen molar-refractivity contribution in [1.82, 2.24) is 5.32 Å². The van der Waals surface area contributed by atoms with Crippen LogP contribution in [0.1, 0.15) is 25.5 Å². The van der Waals surface area contributed by atoms with Crippen molar-refractivity contribution in [3.8, 4) is 0 Å². The van der Waals surface area contributed by atoms with Gasteiger partial charge in [0.2, 0.25) is 5.91 Å². The molecule has 0 aliphatic carbocycles. The highest BCUT2D eigenvalue weighted by Gasteiger charge is 2.29. The molecule has 0 aliphatic heterocycles. The quantitative estimate of drug-likeness (QED) is 0.759. The summed E-state index contributed by atoms with van der Waals surface area (Å²) >= 11 is 0. The summed E-state index contributed by atoms with van der Waals surface area (Å²) in [5.74, 6) is -1.08. The number of hydrogen-bond acceptors (Lipinski definition) is 4. The molecule has 2 atom stereocenters. The number of esters is 1. The lowest BCUT2D eigenvalue weighted by molar-refractivity contribution is -0.155. The van der Waals surface area contributed by atoms with E-state index in [0.717, 1.165) is 0 Å². The minimum absolute atomic E-state index is 0.178. The first-order chi connectivity index (χ1) is 8.56. The first-order valence-electron chi connectivity index (χ1n) is 5.73. The molecule has 1 aromatic carbocycles. The van der Waals surface area contributed by atoms with Crippen LogP contribution in [0.2, 0.25) is 0 Å². The smallest absolute Gasteiger partial charge is 0.337 e. The maximum atomic E-state index is 11.5. The molecule has 1 aromatic rings. The Hall–Kier alpha value is -1.88. The zero-order valence-corrected chi connectivity index (χ0v) is 10.4. The van der Waals surface area contributed by atoms with Gasteiger partial charge in [0.05, 0.1) is 12.6 Å². The largest absolute Gasteiger partial charge is 0.464 e. The van der Waals surface area contributed by atoms with E-state index in [1.54, 1.807) is 31.2 Å². The molecule has 0 saturated heterocycles. The lowest BCUT2D eigenvalue weighted by atomic mass is 10.0. The Balaban J connectivity index is 2.91. The lowest BCUT2D eigenvalue weighted by Crippen LogP contribution is -2.40. The number of carbonyl (C=O) groups is 2. The molecule has 0 unspecified atom stereocenters. The van der Waals surface area contributed by atoms with Gasteiger partial charge < -0.3 is 15.2 Å². The fourth-order valence-electron chi connectivity index (χ4n) is 1.59. The van der Waals surface area contributed by atoms with Gasteiger partial charge in [-0.05, 0) is 12.5 Å². The monoisotopic (exact) mass is 251 g/mol. The Bertz CT molecular complexity index is 405. The van der Waals surface area contributed by atoms with Crippen molar-refractivity contribution >= 4 is 11.9 Å². The molecule has 0 bridgehead atoms. The van der Waals surface area contributed by atoms with Gasteiger partial charge in [-0.15, -0.1) is 0 Å². The summed E-state index contributed by atoms with van der Waals surface area (Å²) in [5.41, 5.74) is 0.647. The number of hydrogen-bond donors (Lipinski definition) is 2. The Morgan fingerprint density at radius 3 is 2.44 bits per heavy atom. The van der Waals surface area contributed by atoms with E-state index in [9.17, 15) is 14.7 Å². The standard InChI is InChI=1S/C13H17NO4/c1-3-18-13(17)12(16)11(14-9(2)15)10-7-5-4-6-8-10/h4-8,11-12,16H,3H2,1-2H3,(H,14,15)/t11-,12-/m0/s1. The van der Waals surface area contributed by atoms with Crippen molar-refractivity contribution in [3.05, 3.63) is 35.9 Å². The molecule has 1 rings (SSSR count). The summed E-state index contributed by atoms with van der Waals surface area (Å²) in [6.45, 7) is 3.16. The summed E-state index contributed by atoms with van der Waals surface area (Å²) in [6, 6.07) is 7.99. The summed E-state index contributed by atoms with van der Waals surface area (Å²) < 4.78 is 4.75. The van der Waals surface area contributed by atoms with Crippen molar-refractivity contribution < 1.29 is 19.4 Å². The van der Waals surface area contributed by atoms with Gasteiger partial charge in [-0.25, -0.2) is 4.79 Å². The Labute approximate surface area is 106 Å². The zero-order valence-electron chi connectivity index (χ0n) is 10.4. The van der Waals surface area contributed by atoms with Crippen LogP contribution in [0, 0.1) is 0 Å².